The van der Waals surface area contributed by atoms with E-state index in [0.29, 0.717) is 0 Å². The number of hydrogen-bond acceptors (Lipinski definition) is 0. The Balaban J connectivity index is 2.15. The molecule has 0 heterocycles. The van der Waals surface area contributed by atoms with Crippen LogP contribution >= 0.6 is 0 Å². The molecule has 0 aliphatic heterocycles. The second-order valence-corrected chi connectivity index (χ2v) is 1.86. The van der Waals surface area contributed by atoms with Crippen molar-refractivity contribution < 1.29 is 0 Å². The van der Waals surface area contributed by atoms with Crippen LogP contribution in [0.5, 0.6) is 0 Å². The summed E-state index contributed by atoms with van der Waals surface area (Å²) in [6.45, 7) is 4.36. The molecule has 0 atom stereocenters. The van der Waals surface area contributed by atoms with Crippen LogP contribution in [-0.2, 0) is 0 Å². The van der Waals surface area contributed by atoms with Crippen LogP contribution in [0.3, 0.4) is 0 Å². The van der Waals surface area contributed by atoms with Gasteiger partial charge in [0.1, 0.15) is 0 Å². The molecule has 1 heteroatoms. The molecule has 0 spiro atoms. The molecule has 0 nitrogen and oxygen atoms in total. The van der Waals surface area contributed by atoms with E-state index in [1.165, 1.54) is 12.8 Å². The number of rotatable bonds is 1. The van der Waals surface area contributed by atoms with Gasteiger partial charge < -0.3 is 0 Å². The summed E-state index contributed by atoms with van der Waals surface area (Å²) >= 11 is 0. The molecular formula is C5H9B. The Morgan fingerprint density at radius 1 is 1.67 bits per heavy atom. The molecule has 0 saturated heterocycles. The molecule has 0 radical (unpaired) electrons. The van der Waals surface area contributed by atoms with E-state index < -0.39 is 0 Å². The fourth-order valence-electron chi connectivity index (χ4n) is 0.561. The first-order valence-corrected chi connectivity index (χ1v) is 2.56. The summed E-state index contributed by atoms with van der Waals surface area (Å²) in [5.41, 5.74) is 0. The van der Waals surface area contributed by atoms with E-state index in [2.05, 4.69) is 19.8 Å². The molecule has 0 N–H and O–H groups in total. The normalized spacial score (nSPS) is 21.5. The second kappa shape index (κ2) is 1.59. The zero-order valence-electron chi connectivity index (χ0n) is 4.15. The zero-order valence-corrected chi connectivity index (χ0v) is 4.15. The minimum absolute atomic E-state index is 0.968. The summed E-state index contributed by atoms with van der Waals surface area (Å²) in [6.07, 6.45) is 2.87. The van der Waals surface area contributed by atoms with Gasteiger partial charge in [-0.2, -0.15) is 0 Å². The predicted octanol–water partition coefficient (Wildman–Crippen LogP) is 1.09. The first kappa shape index (κ1) is 4.10. The van der Waals surface area contributed by atoms with E-state index in [1.54, 1.807) is 0 Å². The molecule has 32 valence electrons. The van der Waals surface area contributed by atoms with Gasteiger partial charge in [-0.3, -0.25) is 0 Å². The van der Waals surface area contributed by atoms with Gasteiger partial charge in [-0.05, 0) is 0 Å². The molecule has 0 aromatic carbocycles. The molecule has 1 rings (SSSR count). The zero-order chi connectivity index (χ0) is 4.41. The van der Waals surface area contributed by atoms with Crippen molar-refractivity contribution in [1.82, 2.24) is 0 Å². The third kappa shape index (κ3) is 0.962. The maximum absolute atomic E-state index is 2.28. The van der Waals surface area contributed by atoms with Crippen molar-refractivity contribution in [3.05, 3.63) is 0 Å². The van der Waals surface area contributed by atoms with Gasteiger partial charge in [0.15, 0.2) is 0 Å². The predicted molar refractivity (Wildman–Crippen MR) is 30.5 cm³/mol. The van der Waals surface area contributed by atoms with Gasteiger partial charge in [-0.25, -0.2) is 0 Å². The van der Waals surface area contributed by atoms with Crippen molar-refractivity contribution >= 4 is 12.9 Å². The molecular weight excluding hydrogens is 70.9 g/mol. The van der Waals surface area contributed by atoms with Gasteiger partial charge in [0.05, 0.1) is 0 Å². The van der Waals surface area contributed by atoms with Crippen molar-refractivity contribution in [1.29, 1.82) is 0 Å². The van der Waals surface area contributed by atoms with Gasteiger partial charge in [-0.15, -0.1) is 0 Å². The third-order valence-corrected chi connectivity index (χ3v) is 1.09. The molecule has 1 fully saturated rings. The van der Waals surface area contributed by atoms with Crippen LogP contribution in [-0.4, -0.2) is 12.9 Å². The van der Waals surface area contributed by atoms with E-state index in [0.717, 1.165) is 5.82 Å². The van der Waals surface area contributed by atoms with E-state index in [-0.39, 0.29) is 0 Å². The third-order valence-electron chi connectivity index (χ3n) is 1.09. The van der Waals surface area contributed by atoms with Crippen LogP contribution in [0.1, 0.15) is 19.8 Å². The first-order chi connectivity index (χ1) is 2.93. The van der Waals surface area contributed by atoms with Gasteiger partial charge >= 0.3 is 38.5 Å². The van der Waals surface area contributed by atoms with Crippen LogP contribution in [0.4, 0.5) is 0 Å². The quantitative estimate of drug-likeness (QED) is 0.413. The van der Waals surface area contributed by atoms with Crippen LogP contribution in [0, 0.1) is 0 Å². The molecule has 0 amide bonds. The Bertz CT molecular complexity index is 62.3. The van der Waals surface area contributed by atoms with Crippen molar-refractivity contribution in [3.63, 3.8) is 0 Å². The summed E-state index contributed by atoms with van der Waals surface area (Å²) in [4.78, 5) is 0. The molecule has 0 aromatic rings. The molecule has 1 aliphatic rings. The average molecular weight is 79.9 g/mol. The monoisotopic (exact) mass is 80.1 g/mol. The average Bonchev–Trinajstić information content (AvgIpc) is 2.21. The number of hydrogen-bond donors (Lipinski definition) is 0. The molecule has 0 unspecified atom stereocenters. The van der Waals surface area contributed by atoms with Crippen molar-refractivity contribution in [2.45, 2.75) is 25.6 Å². The Morgan fingerprint density at radius 3 is 2.50 bits per heavy atom. The van der Waals surface area contributed by atoms with Crippen molar-refractivity contribution in [3.8, 4) is 0 Å². The van der Waals surface area contributed by atoms with Crippen LogP contribution in [0.2, 0.25) is 5.82 Å². The van der Waals surface area contributed by atoms with Crippen LogP contribution < -0.4 is 0 Å². The van der Waals surface area contributed by atoms with E-state index in [9.17, 15) is 0 Å². The molecule has 1 aliphatic carbocycles. The summed E-state index contributed by atoms with van der Waals surface area (Å²) in [5.74, 6) is 3.10. The minimum atomic E-state index is 0.968. The standard InChI is InChI=1S/C5H9B/c1-2-6-5-3-4-5/h2,5H,3-4H2,1H3. The van der Waals surface area contributed by atoms with E-state index in [4.69, 9.17) is 0 Å². The summed E-state index contributed by atoms with van der Waals surface area (Å²) in [7, 11) is 0. The Labute approximate surface area is 39.5 Å². The Morgan fingerprint density at radius 2 is 2.33 bits per heavy atom. The first-order valence-electron chi connectivity index (χ1n) is 2.56. The van der Waals surface area contributed by atoms with E-state index >= 15 is 0 Å². The van der Waals surface area contributed by atoms with Crippen molar-refractivity contribution in [2.75, 3.05) is 0 Å². The molecule has 1 saturated carbocycles. The molecule has 0 bridgehead atoms. The fourth-order valence-corrected chi connectivity index (χ4v) is 0.561. The van der Waals surface area contributed by atoms with Gasteiger partial charge in [0.25, 0.3) is 0 Å². The van der Waals surface area contributed by atoms with E-state index in [1.807, 2.05) is 0 Å². The van der Waals surface area contributed by atoms with Crippen molar-refractivity contribution in [2.24, 2.45) is 0 Å². The Hall–Kier alpha value is -0.0651. The van der Waals surface area contributed by atoms with Gasteiger partial charge in [-0.1, -0.05) is 0 Å². The molecule has 0 aromatic heterocycles. The summed E-state index contributed by atoms with van der Waals surface area (Å²) in [6, 6.07) is 0. The SMILES string of the molecule is CC=BC1CC1. The topological polar surface area (TPSA) is 0 Å². The summed E-state index contributed by atoms with van der Waals surface area (Å²) < 4.78 is 0. The summed E-state index contributed by atoms with van der Waals surface area (Å²) in [5, 5.41) is 0. The van der Waals surface area contributed by atoms with Crippen LogP contribution in [0.15, 0.2) is 0 Å². The molecule has 6 heavy (non-hydrogen) atoms. The fraction of sp³-hybridized carbons (Fsp3) is 0.800. The maximum atomic E-state index is 2.28. The van der Waals surface area contributed by atoms with Gasteiger partial charge in [0, 0.05) is 0 Å². The van der Waals surface area contributed by atoms with Gasteiger partial charge in [0.2, 0.25) is 0 Å². The second-order valence-electron chi connectivity index (χ2n) is 1.86. The van der Waals surface area contributed by atoms with Crippen LogP contribution in [0.25, 0.3) is 0 Å². The Kier molecular flexibility index (Phi) is 1.09.